The molecule has 4 N–H and O–H groups in total. The fourth-order valence-corrected chi connectivity index (χ4v) is 1.72. The van der Waals surface area contributed by atoms with Crippen LogP contribution in [0.4, 0.5) is 11.4 Å². The Morgan fingerprint density at radius 3 is 1.89 bits per heavy atom. The number of para-hydroxylation sites is 1. The SMILES string of the molecule is NC(=O)c1ccc(NCCNc2ccccc2)cc1. The van der Waals surface area contributed by atoms with E-state index in [-0.39, 0.29) is 0 Å². The summed E-state index contributed by atoms with van der Waals surface area (Å²) in [6.07, 6.45) is 0. The quantitative estimate of drug-likeness (QED) is 0.694. The highest BCUT2D eigenvalue weighted by atomic mass is 16.1. The normalized spacial score (nSPS) is 9.89. The molecule has 0 aliphatic heterocycles. The first kappa shape index (κ1) is 13.0. The van der Waals surface area contributed by atoms with Crippen LogP contribution >= 0.6 is 0 Å². The second-order valence-corrected chi connectivity index (χ2v) is 4.16. The molecule has 0 aliphatic rings. The van der Waals surface area contributed by atoms with Gasteiger partial charge in [0.15, 0.2) is 0 Å². The Labute approximate surface area is 112 Å². The first-order valence-corrected chi connectivity index (χ1v) is 6.18. The zero-order valence-electron chi connectivity index (χ0n) is 10.6. The molecular formula is C15H17N3O. The van der Waals surface area contributed by atoms with Crippen LogP contribution in [0.2, 0.25) is 0 Å². The molecule has 4 heteroatoms. The smallest absolute Gasteiger partial charge is 0.248 e. The first-order valence-electron chi connectivity index (χ1n) is 6.18. The van der Waals surface area contributed by atoms with Crippen LogP contribution in [0.15, 0.2) is 54.6 Å². The number of carbonyl (C=O) groups is 1. The lowest BCUT2D eigenvalue weighted by atomic mass is 10.2. The van der Waals surface area contributed by atoms with Crippen LogP contribution in [0.3, 0.4) is 0 Å². The number of hydrogen-bond acceptors (Lipinski definition) is 3. The van der Waals surface area contributed by atoms with E-state index in [2.05, 4.69) is 10.6 Å². The van der Waals surface area contributed by atoms with Gasteiger partial charge in [-0.05, 0) is 36.4 Å². The Bertz CT molecular complexity index is 523. The van der Waals surface area contributed by atoms with E-state index in [1.165, 1.54) is 0 Å². The Morgan fingerprint density at radius 2 is 1.37 bits per heavy atom. The van der Waals surface area contributed by atoms with Crippen LogP contribution < -0.4 is 16.4 Å². The third kappa shape index (κ3) is 4.03. The van der Waals surface area contributed by atoms with E-state index in [0.717, 1.165) is 24.5 Å². The third-order valence-electron chi connectivity index (χ3n) is 2.73. The summed E-state index contributed by atoms with van der Waals surface area (Å²) in [5, 5.41) is 6.57. The Morgan fingerprint density at radius 1 is 0.842 bits per heavy atom. The maximum absolute atomic E-state index is 10.9. The Kier molecular flexibility index (Phi) is 4.39. The lowest BCUT2D eigenvalue weighted by molar-refractivity contribution is 0.100. The van der Waals surface area contributed by atoms with Crippen molar-refractivity contribution < 1.29 is 4.79 Å². The predicted molar refractivity (Wildman–Crippen MR) is 78.4 cm³/mol. The molecule has 4 nitrogen and oxygen atoms in total. The van der Waals surface area contributed by atoms with Gasteiger partial charge in [0.1, 0.15) is 0 Å². The number of nitrogens with one attached hydrogen (secondary N) is 2. The molecule has 2 rings (SSSR count). The van der Waals surface area contributed by atoms with E-state index in [9.17, 15) is 4.79 Å². The molecule has 0 saturated heterocycles. The fourth-order valence-electron chi connectivity index (χ4n) is 1.72. The molecule has 0 aromatic heterocycles. The van der Waals surface area contributed by atoms with Crippen LogP contribution in [0.25, 0.3) is 0 Å². The molecule has 2 aromatic rings. The molecule has 19 heavy (non-hydrogen) atoms. The van der Waals surface area contributed by atoms with Crippen LogP contribution in [0.5, 0.6) is 0 Å². The van der Waals surface area contributed by atoms with Gasteiger partial charge in [0.05, 0.1) is 0 Å². The molecule has 0 heterocycles. The second kappa shape index (κ2) is 6.44. The van der Waals surface area contributed by atoms with Gasteiger partial charge >= 0.3 is 0 Å². The maximum atomic E-state index is 10.9. The largest absolute Gasteiger partial charge is 0.383 e. The molecule has 0 spiro atoms. The number of rotatable bonds is 6. The lowest BCUT2D eigenvalue weighted by Gasteiger charge is -2.09. The lowest BCUT2D eigenvalue weighted by Crippen LogP contribution is -2.14. The molecule has 0 atom stereocenters. The highest BCUT2D eigenvalue weighted by Crippen LogP contribution is 2.09. The molecule has 0 bridgehead atoms. The molecule has 0 unspecified atom stereocenters. The molecule has 0 aliphatic carbocycles. The Hall–Kier alpha value is -2.49. The molecule has 2 aromatic carbocycles. The van der Waals surface area contributed by atoms with Crippen molar-refractivity contribution in [3.63, 3.8) is 0 Å². The monoisotopic (exact) mass is 255 g/mol. The van der Waals surface area contributed by atoms with E-state index >= 15 is 0 Å². The number of carbonyl (C=O) groups excluding carboxylic acids is 1. The van der Waals surface area contributed by atoms with Gasteiger partial charge in [0.25, 0.3) is 0 Å². The molecular weight excluding hydrogens is 238 g/mol. The van der Waals surface area contributed by atoms with E-state index in [0.29, 0.717) is 5.56 Å². The van der Waals surface area contributed by atoms with Crippen molar-refractivity contribution in [2.45, 2.75) is 0 Å². The summed E-state index contributed by atoms with van der Waals surface area (Å²) in [4.78, 5) is 10.9. The van der Waals surface area contributed by atoms with Gasteiger partial charge in [-0.25, -0.2) is 0 Å². The standard InChI is InChI=1S/C15H17N3O/c16-15(19)12-6-8-14(9-7-12)18-11-10-17-13-4-2-1-3-5-13/h1-9,17-18H,10-11H2,(H2,16,19). The van der Waals surface area contributed by atoms with Crippen LogP contribution in [0, 0.1) is 0 Å². The third-order valence-corrected chi connectivity index (χ3v) is 2.73. The number of amides is 1. The number of anilines is 2. The first-order chi connectivity index (χ1) is 9.25. The highest BCUT2D eigenvalue weighted by molar-refractivity contribution is 5.93. The molecule has 1 amide bonds. The van der Waals surface area contributed by atoms with Crippen LogP contribution in [-0.4, -0.2) is 19.0 Å². The minimum Gasteiger partial charge on any atom is -0.383 e. The van der Waals surface area contributed by atoms with E-state index < -0.39 is 5.91 Å². The summed E-state index contributed by atoms with van der Waals surface area (Å²) in [7, 11) is 0. The highest BCUT2D eigenvalue weighted by Gasteiger charge is 1.98. The predicted octanol–water partition coefficient (Wildman–Crippen LogP) is 2.31. The number of primary amides is 1. The van der Waals surface area contributed by atoms with Crippen molar-refractivity contribution in [1.29, 1.82) is 0 Å². The summed E-state index contributed by atoms with van der Waals surface area (Å²) >= 11 is 0. The van der Waals surface area contributed by atoms with Gasteiger partial charge < -0.3 is 16.4 Å². The molecule has 0 saturated carbocycles. The van der Waals surface area contributed by atoms with Crippen molar-refractivity contribution >= 4 is 17.3 Å². The number of nitrogens with two attached hydrogens (primary N) is 1. The van der Waals surface area contributed by atoms with Crippen molar-refractivity contribution in [2.75, 3.05) is 23.7 Å². The summed E-state index contributed by atoms with van der Waals surface area (Å²) in [5.41, 5.74) is 7.78. The number of benzene rings is 2. The summed E-state index contributed by atoms with van der Waals surface area (Å²) < 4.78 is 0. The van der Waals surface area contributed by atoms with Gasteiger partial charge in [-0.1, -0.05) is 18.2 Å². The second-order valence-electron chi connectivity index (χ2n) is 4.16. The van der Waals surface area contributed by atoms with Crippen molar-refractivity contribution in [3.8, 4) is 0 Å². The van der Waals surface area contributed by atoms with Crippen LogP contribution in [0.1, 0.15) is 10.4 Å². The van der Waals surface area contributed by atoms with Gasteiger partial charge in [-0.15, -0.1) is 0 Å². The van der Waals surface area contributed by atoms with Crippen molar-refractivity contribution in [2.24, 2.45) is 5.73 Å². The Balaban J connectivity index is 1.75. The van der Waals surface area contributed by atoms with Gasteiger partial charge in [0, 0.05) is 30.0 Å². The minimum atomic E-state index is -0.405. The maximum Gasteiger partial charge on any atom is 0.248 e. The molecule has 0 fully saturated rings. The average molecular weight is 255 g/mol. The number of hydrogen-bond donors (Lipinski definition) is 3. The molecule has 98 valence electrons. The van der Waals surface area contributed by atoms with Gasteiger partial charge in [-0.3, -0.25) is 4.79 Å². The summed E-state index contributed by atoms with van der Waals surface area (Å²) in [6, 6.07) is 17.2. The molecule has 0 radical (unpaired) electrons. The zero-order valence-corrected chi connectivity index (χ0v) is 10.6. The van der Waals surface area contributed by atoms with Crippen LogP contribution in [-0.2, 0) is 0 Å². The topological polar surface area (TPSA) is 67.2 Å². The fraction of sp³-hybridized carbons (Fsp3) is 0.133. The van der Waals surface area contributed by atoms with E-state index in [1.54, 1.807) is 12.1 Å². The summed E-state index contributed by atoms with van der Waals surface area (Å²) in [5.74, 6) is -0.405. The average Bonchev–Trinajstić information content (AvgIpc) is 2.45. The van der Waals surface area contributed by atoms with Crippen molar-refractivity contribution in [3.05, 3.63) is 60.2 Å². The summed E-state index contributed by atoms with van der Waals surface area (Å²) in [6.45, 7) is 1.62. The van der Waals surface area contributed by atoms with E-state index in [1.807, 2.05) is 42.5 Å². The zero-order chi connectivity index (χ0) is 13.5. The van der Waals surface area contributed by atoms with Gasteiger partial charge in [-0.2, -0.15) is 0 Å². The van der Waals surface area contributed by atoms with Gasteiger partial charge in [0.2, 0.25) is 5.91 Å². The minimum absolute atomic E-state index is 0.405. The van der Waals surface area contributed by atoms with E-state index in [4.69, 9.17) is 5.73 Å². The van der Waals surface area contributed by atoms with Crippen molar-refractivity contribution in [1.82, 2.24) is 0 Å².